The summed E-state index contributed by atoms with van der Waals surface area (Å²) in [5.74, 6) is 0. The first-order chi connectivity index (χ1) is 13.2. The SMILES string of the molecule is O=c1cc(-c2ccccc2)c2cc3c(-c4ccc(Cl)cc4)coc3cc2o1. The molecule has 0 unspecified atom stereocenters. The van der Waals surface area contributed by atoms with E-state index in [9.17, 15) is 4.79 Å². The van der Waals surface area contributed by atoms with E-state index in [4.69, 9.17) is 20.4 Å². The summed E-state index contributed by atoms with van der Waals surface area (Å²) in [5.41, 5.74) is 4.57. The molecule has 0 saturated heterocycles. The maximum Gasteiger partial charge on any atom is 0.336 e. The molecule has 0 fully saturated rings. The molecule has 0 spiro atoms. The Labute approximate surface area is 159 Å². The van der Waals surface area contributed by atoms with Gasteiger partial charge in [-0.25, -0.2) is 4.79 Å². The number of benzene rings is 3. The number of halogens is 1. The molecule has 0 radical (unpaired) electrons. The average molecular weight is 373 g/mol. The van der Waals surface area contributed by atoms with Crippen molar-refractivity contribution in [1.29, 1.82) is 0 Å². The first-order valence-corrected chi connectivity index (χ1v) is 8.87. The fourth-order valence-electron chi connectivity index (χ4n) is 3.39. The Morgan fingerprint density at radius 2 is 1.41 bits per heavy atom. The van der Waals surface area contributed by atoms with Gasteiger partial charge in [0.15, 0.2) is 0 Å². The van der Waals surface area contributed by atoms with Crippen molar-refractivity contribution in [3.63, 3.8) is 0 Å². The van der Waals surface area contributed by atoms with E-state index in [1.165, 1.54) is 6.07 Å². The number of hydrogen-bond donors (Lipinski definition) is 0. The predicted octanol–water partition coefficient (Wildman–Crippen LogP) is 6.53. The van der Waals surface area contributed by atoms with E-state index in [0.29, 0.717) is 16.2 Å². The molecule has 5 aromatic rings. The van der Waals surface area contributed by atoms with Crippen molar-refractivity contribution >= 4 is 33.5 Å². The standard InChI is InChI=1S/C23H13ClO3/c24-16-8-6-15(7-9-16)20-13-26-21-12-22-18(10-19(20)21)17(11-23(25)27-22)14-4-2-1-3-5-14/h1-13H. The van der Waals surface area contributed by atoms with Gasteiger partial charge in [0.2, 0.25) is 0 Å². The largest absolute Gasteiger partial charge is 0.464 e. The lowest BCUT2D eigenvalue weighted by molar-refractivity contribution is 0.559. The summed E-state index contributed by atoms with van der Waals surface area (Å²) >= 11 is 6.01. The van der Waals surface area contributed by atoms with Gasteiger partial charge in [-0.05, 0) is 34.9 Å². The van der Waals surface area contributed by atoms with E-state index < -0.39 is 0 Å². The van der Waals surface area contributed by atoms with Gasteiger partial charge in [-0.2, -0.15) is 0 Å². The quantitative estimate of drug-likeness (QED) is 0.331. The topological polar surface area (TPSA) is 43.4 Å². The summed E-state index contributed by atoms with van der Waals surface area (Å²) in [4.78, 5) is 12.1. The van der Waals surface area contributed by atoms with E-state index in [2.05, 4.69) is 0 Å². The van der Waals surface area contributed by atoms with Gasteiger partial charge in [0.25, 0.3) is 0 Å². The van der Waals surface area contributed by atoms with Crippen LogP contribution in [-0.2, 0) is 0 Å². The molecule has 130 valence electrons. The molecule has 2 heterocycles. The number of fused-ring (bicyclic) bond motifs is 2. The third kappa shape index (κ3) is 2.73. The van der Waals surface area contributed by atoms with E-state index in [1.54, 1.807) is 12.3 Å². The summed E-state index contributed by atoms with van der Waals surface area (Å²) in [6.07, 6.45) is 1.72. The van der Waals surface area contributed by atoms with Gasteiger partial charge >= 0.3 is 5.63 Å². The maximum absolute atomic E-state index is 12.1. The molecule has 0 aliphatic heterocycles. The maximum atomic E-state index is 12.1. The zero-order chi connectivity index (χ0) is 18.4. The Balaban J connectivity index is 1.82. The fourth-order valence-corrected chi connectivity index (χ4v) is 3.52. The number of hydrogen-bond acceptors (Lipinski definition) is 3. The molecule has 0 aliphatic carbocycles. The third-order valence-corrected chi connectivity index (χ3v) is 4.93. The minimum Gasteiger partial charge on any atom is -0.464 e. The van der Waals surface area contributed by atoms with Crippen molar-refractivity contribution in [2.24, 2.45) is 0 Å². The normalized spacial score (nSPS) is 11.3. The molecule has 0 N–H and O–H groups in total. The molecule has 3 aromatic carbocycles. The van der Waals surface area contributed by atoms with Crippen molar-refractivity contribution < 1.29 is 8.83 Å². The Morgan fingerprint density at radius 1 is 0.704 bits per heavy atom. The zero-order valence-electron chi connectivity index (χ0n) is 14.1. The van der Waals surface area contributed by atoms with Crippen LogP contribution in [0.15, 0.2) is 92.7 Å². The van der Waals surface area contributed by atoms with E-state index in [0.717, 1.165) is 33.0 Å². The highest BCUT2D eigenvalue weighted by Crippen LogP contribution is 2.36. The Kier molecular flexibility index (Phi) is 3.62. The van der Waals surface area contributed by atoms with E-state index in [1.807, 2.05) is 60.7 Å². The molecule has 4 heteroatoms. The third-order valence-electron chi connectivity index (χ3n) is 4.68. The van der Waals surface area contributed by atoms with Crippen LogP contribution in [0.25, 0.3) is 44.2 Å². The summed E-state index contributed by atoms with van der Waals surface area (Å²) in [6, 6.07) is 22.8. The smallest absolute Gasteiger partial charge is 0.336 e. The highest BCUT2D eigenvalue weighted by atomic mass is 35.5. The van der Waals surface area contributed by atoms with Gasteiger partial charge < -0.3 is 8.83 Å². The van der Waals surface area contributed by atoms with Crippen molar-refractivity contribution in [2.45, 2.75) is 0 Å². The first-order valence-electron chi connectivity index (χ1n) is 8.49. The second-order valence-corrected chi connectivity index (χ2v) is 6.78. The summed E-state index contributed by atoms with van der Waals surface area (Å²) in [5, 5.41) is 2.51. The summed E-state index contributed by atoms with van der Waals surface area (Å²) in [6.45, 7) is 0. The van der Waals surface area contributed by atoms with E-state index in [-0.39, 0.29) is 5.63 Å². The van der Waals surface area contributed by atoms with Crippen LogP contribution in [0.5, 0.6) is 0 Å². The second-order valence-electron chi connectivity index (χ2n) is 6.35. The highest BCUT2D eigenvalue weighted by Gasteiger charge is 2.14. The van der Waals surface area contributed by atoms with Gasteiger partial charge in [-0.3, -0.25) is 0 Å². The van der Waals surface area contributed by atoms with Gasteiger partial charge in [0.05, 0.1) is 6.26 Å². The first kappa shape index (κ1) is 15.9. The predicted molar refractivity (Wildman–Crippen MR) is 108 cm³/mol. The molecule has 2 aromatic heterocycles. The molecular weight excluding hydrogens is 360 g/mol. The van der Waals surface area contributed by atoms with Gasteiger partial charge in [-0.1, -0.05) is 54.1 Å². The Bertz CT molecular complexity index is 1330. The molecule has 0 aliphatic rings. The average Bonchev–Trinajstić information content (AvgIpc) is 3.10. The van der Waals surface area contributed by atoms with Crippen LogP contribution in [0.1, 0.15) is 0 Å². The highest BCUT2D eigenvalue weighted by molar-refractivity contribution is 6.30. The van der Waals surface area contributed by atoms with Crippen LogP contribution in [0, 0.1) is 0 Å². The summed E-state index contributed by atoms with van der Waals surface area (Å²) < 4.78 is 11.2. The molecule has 0 atom stereocenters. The molecule has 27 heavy (non-hydrogen) atoms. The van der Waals surface area contributed by atoms with Crippen molar-refractivity contribution in [3.8, 4) is 22.3 Å². The van der Waals surface area contributed by atoms with Crippen LogP contribution in [0.3, 0.4) is 0 Å². The Morgan fingerprint density at radius 3 is 2.19 bits per heavy atom. The van der Waals surface area contributed by atoms with Crippen LogP contribution in [-0.4, -0.2) is 0 Å². The van der Waals surface area contributed by atoms with Gasteiger partial charge in [-0.15, -0.1) is 0 Å². The van der Waals surface area contributed by atoms with Crippen LogP contribution < -0.4 is 5.63 Å². The van der Waals surface area contributed by atoms with Gasteiger partial charge in [0, 0.05) is 33.5 Å². The molecule has 5 rings (SSSR count). The van der Waals surface area contributed by atoms with Crippen molar-refractivity contribution in [2.75, 3.05) is 0 Å². The minimum absolute atomic E-state index is 0.384. The summed E-state index contributed by atoms with van der Waals surface area (Å²) in [7, 11) is 0. The molecule has 0 amide bonds. The lowest BCUT2D eigenvalue weighted by atomic mass is 9.99. The lowest BCUT2D eigenvalue weighted by Gasteiger charge is -2.06. The second kappa shape index (κ2) is 6.15. The van der Waals surface area contributed by atoms with Crippen LogP contribution in [0.2, 0.25) is 5.02 Å². The molecule has 0 bridgehead atoms. The van der Waals surface area contributed by atoms with Gasteiger partial charge in [0.1, 0.15) is 11.2 Å². The lowest BCUT2D eigenvalue weighted by Crippen LogP contribution is -1.98. The van der Waals surface area contributed by atoms with E-state index >= 15 is 0 Å². The van der Waals surface area contributed by atoms with Crippen LogP contribution >= 0.6 is 11.6 Å². The fraction of sp³-hybridized carbons (Fsp3) is 0. The van der Waals surface area contributed by atoms with Crippen LogP contribution in [0.4, 0.5) is 0 Å². The molecule has 3 nitrogen and oxygen atoms in total. The van der Waals surface area contributed by atoms with Crippen molar-refractivity contribution in [3.05, 3.63) is 94.5 Å². The number of furan rings is 1. The monoisotopic (exact) mass is 372 g/mol. The van der Waals surface area contributed by atoms with Crippen molar-refractivity contribution in [1.82, 2.24) is 0 Å². The minimum atomic E-state index is -0.384. The number of rotatable bonds is 2. The molecular formula is C23H13ClO3. The molecule has 0 saturated carbocycles. The zero-order valence-corrected chi connectivity index (χ0v) is 14.9. The Hall–Kier alpha value is -3.30.